The lowest BCUT2D eigenvalue weighted by Gasteiger charge is -2.20. The number of pyridine rings is 1. The predicted molar refractivity (Wildman–Crippen MR) is 150 cm³/mol. The molecule has 0 fully saturated rings. The van der Waals surface area contributed by atoms with Crippen molar-refractivity contribution in [2.24, 2.45) is 12.2 Å². The molecule has 1 aromatic heterocycles. The van der Waals surface area contributed by atoms with Crippen molar-refractivity contribution in [2.75, 3.05) is 0 Å². The number of carboxylic acid groups (broad SMARTS) is 1. The van der Waals surface area contributed by atoms with Crippen LogP contribution in [0.4, 0.5) is 0 Å². The number of carboxylic acids is 1. The van der Waals surface area contributed by atoms with Crippen LogP contribution in [0.15, 0.2) is 101 Å². The quantitative estimate of drug-likeness (QED) is 0.155. The lowest BCUT2D eigenvalue weighted by molar-refractivity contribution is 0.0697. The fourth-order valence-corrected chi connectivity index (χ4v) is 4.32. The highest BCUT2D eigenvalue weighted by Crippen LogP contribution is 2.35. The molecule has 0 saturated carbocycles. The van der Waals surface area contributed by atoms with E-state index in [2.05, 4.69) is 5.16 Å². The average molecular weight is 519 g/mol. The zero-order valence-corrected chi connectivity index (χ0v) is 19.7. The van der Waals surface area contributed by atoms with Crippen molar-refractivity contribution >= 4 is 23.3 Å². The van der Waals surface area contributed by atoms with E-state index in [1.54, 1.807) is 43.6 Å². The van der Waals surface area contributed by atoms with Crippen LogP contribution < -0.4 is 5.56 Å². The summed E-state index contributed by atoms with van der Waals surface area (Å²) in [5, 5.41) is 23.1. The van der Waals surface area contributed by atoms with Gasteiger partial charge in [-0.15, -0.1) is 0 Å². The highest BCUT2D eigenvalue weighted by Gasteiger charge is 2.21. The van der Waals surface area contributed by atoms with E-state index in [9.17, 15) is 14.8 Å². The molecule has 3 aromatic carbocycles. The summed E-state index contributed by atoms with van der Waals surface area (Å²) >= 11 is 6.56. The molecule has 0 radical (unpaired) electrons. The number of oxime groups is 1. The molecule has 4 aromatic rings. The minimum atomic E-state index is -0.964. The summed E-state index contributed by atoms with van der Waals surface area (Å²) in [6, 6.07) is 25.3. The van der Waals surface area contributed by atoms with Gasteiger partial charge in [0.1, 0.15) is 0 Å². The van der Waals surface area contributed by atoms with Gasteiger partial charge in [0.2, 0.25) is 5.56 Å². The van der Waals surface area contributed by atoms with Crippen molar-refractivity contribution in [1.82, 2.24) is 4.57 Å². The van der Waals surface area contributed by atoms with Crippen molar-refractivity contribution in [3.05, 3.63) is 129 Å². The number of halogens is 1. The van der Waals surface area contributed by atoms with Crippen LogP contribution >= 0.6 is 11.6 Å². The van der Waals surface area contributed by atoms with Gasteiger partial charge in [-0.3, -0.25) is 4.79 Å². The maximum atomic E-state index is 11.8. The second-order valence-corrected chi connectivity index (χ2v) is 8.60. The first kappa shape index (κ1) is 29.1. The second-order valence-electron chi connectivity index (χ2n) is 8.20. The molecule has 4 rings (SSSR count). The predicted octanol–water partition coefficient (Wildman–Crippen LogP) is 7.08. The van der Waals surface area contributed by atoms with E-state index >= 15 is 0 Å². The van der Waals surface area contributed by atoms with E-state index in [4.69, 9.17) is 16.7 Å². The molecule has 6 nitrogen and oxygen atoms in total. The highest BCUT2D eigenvalue weighted by atomic mass is 35.5. The average Bonchev–Trinajstić information content (AvgIpc) is 2.87. The number of hydrogen-bond acceptors (Lipinski definition) is 4. The molecule has 192 valence electrons. The largest absolute Gasteiger partial charge is 0.478 e. The van der Waals surface area contributed by atoms with Crippen LogP contribution in [-0.4, -0.2) is 26.6 Å². The molecule has 2 N–H and O–H groups in total. The lowest BCUT2D eigenvalue weighted by atomic mass is 9.85. The third-order valence-electron chi connectivity index (χ3n) is 6.00. The van der Waals surface area contributed by atoms with Crippen LogP contribution in [0.2, 0.25) is 5.02 Å². The van der Waals surface area contributed by atoms with Gasteiger partial charge in [-0.2, -0.15) is 0 Å². The van der Waals surface area contributed by atoms with Gasteiger partial charge in [0, 0.05) is 42.2 Å². The fourth-order valence-electron chi connectivity index (χ4n) is 4.05. The zero-order valence-electron chi connectivity index (χ0n) is 18.9. The Morgan fingerprint density at radius 3 is 2.00 bits per heavy atom. The molecule has 0 aliphatic carbocycles. The van der Waals surface area contributed by atoms with E-state index in [1.807, 2.05) is 48.5 Å². The van der Waals surface area contributed by atoms with Crippen molar-refractivity contribution in [1.29, 1.82) is 0 Å². The molecule has 0 aliphatic rings. The summed E-state index contributed by atoms with van der Waals surface area (Å²) in [4.78, 5) is 22.9. The topological polar surface area (TPSA) is 91.9 Å². The van der Waals surface area contributed by atoms with Gasteiger partial charge >= 0.3 is 5.97 Å². The third-order valence-corrected chi connectivity index (χ3v) is 6.34. The molecule has 0 spiro atoms. The Hall–Kier alpha value is -4.16. The van der Waals surface area contributed by atoms with Crippen LogP contribution in [0.25, 0.3) is 11.1 Å². The maximum Gasteiger partial charge on any atom is 0.335 e. The Morgan fingerprint density at radius 1 is 0.892 bits per heavy atom. The lowest BCUT2D eigenvalue weighted by Crippen LogP contribution is -2.18. The first-order chi connectivity index (χ1) is 16.9. The van der Waals surface area contributed by atoms with Crippen LogP contribution in [0, 0.1) is 0 Å². The van der Waals surface area contributed by atoms with Crippen LogP contribution in [-0.2, 0) is 7.05 Å². The van der Waals surface area contributed by atoms with Gasteiger partial charge in [0.05, 0.1) is 11.3 Å². The van der Waals surface area contributed by atoms with Crippen molar-refractivity contribution < 1.29 is 15.1 Å². The number of aromatic carboxylic acids is 1. The molecule has 37 heavy (non-hydrogen) atoms. The summed E-state index contributed by atoms with van der Waals surface area (Å²) in [5.41, 5.74) is 4.85. The first-order valence-corrected chi connectivity index (χ1v) is 11.3. The molecule has 0 amide bonds. The Morgan fingerprint density at radius 2 is 1.46 bits per heavy atom. The van der Waals surface area contributed by atoms with E-state index in [0.717, 1.165) is 22.3 Å². The third kappa shape index (κ3) is 6.54. The Labute approximate surface area is 222 Å². The number of benzene rings is 3. The summed E-state index contributed by atoms with van der Waals surface area (Å²) in [6.07, 6.45) is 2.00. The van der Waals surface area contributed by atoms with E-state index in [-0.39, 0.29) is 31.9 Å². The Bertz CT molecular complexity index is 1440. The molecular formula is C30H31ClN2O4. The monoisotopic (exact) mass is 518 g/mol. The fraction of sp³-hybridized carbons (Fsp3) is 0.167. The number of carbonyl (C=O) groups is 1. The molecule has 0 saturated heterocycles. The first-order valence-electron chi connectivity index (χ1n) is 10.9. The number of hydrogen-bond donors (Lipinski definition) is 2. The van der Waals surface area contributed by atoms with Crippen LogP contribution in [0.3, 0.4) is 0 Å². The summed E-state index contributed by atoms with van der Waals surface area (Å²) in [6.45, 7) is 0. The summed E-state index contributed by atoms with van der Waals surface area (Å²) < 4.78 is 1.44. The van der Waals surface area contributed by atoms with Crippen LogP contribution in [0.1, 0.15) is 54.2 Å². The van der Waals surface area contributed by atoms with Crippen LogP contribution in [0.5, 0.6) is 0 Å². The molecule has 0 aliphatic heterocycles. The van der Waals surface area contributed by atoms with Gasteiger partial charge in [0.15, 0.2) is 0 Å². The molecule has 1 unspecified atom stereocenters. The van der Waals surface area contributed by atoms with E-state index < -0.39 is 5.97 Å². The molecule has 1 atom stereocenters. The minimum Gasteiger partial charge on any atom is -0.478 e. The summed E-state index contributed by atoms with van der Waals surface area (Å²) in [5.74, 6) is -1.18. The maximum absolute atomic E-state index is 11.8. The molecule has 1 heterocycles. The summed E-state index contributed by atoms with van der Waals surface area (Å²) in [7, 11) is 1.65. The number of aryl methyl sites for hydroxylation is 1. The van der Waals surface area contributed by atoms with Gasteiger partial charge in [-0.25, -0.2) is 4.79 Å². The van der Waals surface area contributed by atoms with Crippen molar-refractivity contribution in [2.45, 2.75) is 27.2 Å². The van der Waals surface area contributed by atoms with Gasteiger partial charge < -0.3 is 14.9 Å². The smallest absolute Gasteiger partial charge is 0.335 e. The normalized spacial score (nSPS) is 11.7. The molecular weight excluding hydrogens is 488 g/mol. The SMILES string of the molecule is C.C.Cn1cc(/C(CC(c2ccc(-c3ccc(C(=O)O)cc3)cc2)c2ccccc2Cl)=N/O)ccc1=O. The molecule has 0 bridgehead atoms. The number of nitrogens with zero attached hydrogens (tertiary/aromatic N) is 2. The number of aromatic nitrogens is 1. The zero-order chi connectivity index (χ0) is 24.9. The van der Waals surface area contributed by atoms with Gasteiger partial charge in [-0.1, -0.05) is 86.2 Å². The van der Waals surface area contributed by atoms with E-state index in [0.29, 0.717) is 22.7 Å². The Kier molecular flexibility index (Phi) is 9.98. The standard InChI is InChI=1S/C28H23ClN2O4.2CH4/c1-31-17-22(14-15-27(31)32)26(30-35)16-24(23-4-2-3-5-25(23)29)20-10-6-18(7-11-20)19-8-12-21(13-9-19)28(33)34;;/h2-15,17,24,35H,16H2,1H3,(H,33,34);2*1H4/b30-26+;;. The highest BCUT2D eigenvalue weighted by molar-refractivity contribution is 6.31. The van der Waals surface area contributed by atoms with Gasteiger partial charge in [-0.05, 0) is 46.5 Å². The van der Waals surface area contributed by atoms with Crippen molar-refractivity contribution in [3.63, 3.8) is 0 Å². The number of rotatable bonds is 7. The van der Waals surface area contributed by atoms with Crippen molar-refractivity contribution in [3.8, 4) is 11.1 Å². The minimum absolute atomic E-state index is 0. The molecule has 7 heteroatoms. The van der Waals surface area contributed by atoms with Gasteiger partial charge in [0.25, 0.3) is 0 Å². The van der Waals surface area contributed by atoms with E-state index in [1.165, 1.54) is 10.6 Å². The Balaban J connectivity index is 0.00000241. The second kappa shape index (κ2) is 12.7.